The van der Waals surface area contributed by atoms with Gasteiger partial charge in [-0.05, 0) is 30.4 Å². The molecule has 2 aliphatic heterocycles. The Balaban J connectivity index is 1.39. The van der Waals surface area contributed by atoms with Crippen molar-refractivity contribution in [3.8, 4) is 0 Å². The first-order valence-corrected chi connectivity index (χ1v) is 11.6. The molecule has 1 aliphatic carbocycles. The number of fused-ring (bicyclic) bond motifs is 1. The van der Waals surface area contributed by atoms with Gasteiger partial charge < -0.3 is 4.90 Å². The molecule has 3 atom stereocenters. The van der Waals surface area contributed by atoms with Crippen LogP contribution in [0, 0.1) is 11.8 Å². The van der Waals surface area contributed by atoms with Crippen molar-refractivity contribution in [1.29, 1.82) is 0 Å². The lowest BCUT2D eigenvalue weighted by molar-refractivity contribution is 0.0768. The monoisotopic (exact) mass is 400 g/mol. The topological polar surface area (TPSA) is 86.4 Å². The van der Waals surface area contributed by atoms with E-state index < -0.39 is 10.0 Å². The highest BCUT2D eigenvalue weighted by molar-refractivity contribution is 7.88. The number of carbonyl (C=O) groups is 1. The second kappa shape index (κ2) is 6.42. The summed E-state index contributed by atoms with van der Waals surface area (Å²) in [5.41, 5.74) is 2.51. The van der Waals surface area contributed by atoms with E-state index in [1.54, 1.807) is 4.31 Å². The molecule has 7 nitrogen and oxygen atoms in total. The van der Waals surface area contributed by atoms with Crippen LogP contribution in [0.2, 0.25) is 0 Å². The second-order valence-electron chi connectivity index (χ2n) is 8.31. The lowest BCUT2D eigenvalue weighted by atomic mass is 9.90. The third-order valence-electron chi connectivity index (χ3n) is 6.31. The van der Waals surface area contributed by atoms with Crippen molar-refractivity contribution in [2.24, 2.45) is 11.8 Å². The molecule has 1 aromatic heterocycles. The first-order chi connectivity index (χ1) is 13.4. The van der Waals surface area contributed by atoms with Gasteiger partial charge in [0.05, 0.1) is 12.3 Å². The highest BCUT2D eigenvalue weighted by Crippen LogP contribution is 2.46. The summed E-state index contributed by atoms with van der Waals surface area (Å²) in [5, 5.41) is 7.22. The minimum Gasteiger partial charge on any atom is -0.337 e. The molecule has 3 fully saturated rings. The molecule has 0 radical (unpaired) electrons. The average Bonchev–Trinajstić information content (AvgIpc) is 3.11. The van der Waals surface area contributed by atoms with Gasteiger partial charge in [-0.2, -0.15) is 9.40 Å². The largest absolute Gasteiger partial charge is 0.337 e. The van der Waals surface area contributed by atoms with Crippen LogP contribution in [0.25, 0.3) is 0 Å². The number of nitrogens with zero attached hydrogens (tertiary/aromatic N) is 3. The second-order valence-corrected chi connectivity index (χ2v) is 10.2. The molecule has 8 heteroatoms. The fourth-order valence-corrected chi connectivity index (χ4v) is 5.94. The summed E-state index contributed by atoms with van der Waals surface area (Å²) in [5.74, 6) is 0.710. The summed E-state index contributed by atoms with van der Waals surface area (Å²) in [7, 11) is -3.32. The smallest absolute Gasteiger partial charge is 0.274 e. The minimum atomic E-state index is -3.32. The van der Waals surface area contributed by atoms with E-state index in [1.807, 2.05) is 41.3 Å². The third-order valence-corrected chi connectivity index (χ3v) is 7.54. The van der Waals surface area contributed by atoms with Gasteiger partial charge in [-0.1, -0.05) is 30.3 Å². The molecule has 0 spiro atoms. The first kappa shape index (κ1) is 17.9. The van der Waals surface area contributed by atoms with Crippen molar-refractivity contribution in [3.05, 3.63) is 53.3 Å². The molecule has 0 bridgehead atoms. The molecule has 1 amide bonds. The van der Waals surface area contributed by atoms with Crippen molar-refractivity contribution < 1.29 is 13.2 Å². The van der Waals surface area contributed by atoms with Crippen LogP contribution in [-0.4, -0.2) is 59.6 Å². The molecule has 3 heterocycles. The number of H-pyrrole nitrogens is 1. The number of aromatic amines is 1. The van der Waals surface area contributed by atoms with Crippen molar-refractivity contribution in [1.82, 2.24) is 19.4 Å². The van der Waals surface area contributed by atoms with E-state index in [0.717, 1.165) is 24.1 Å². The molecule has 5 rings (SSSR count). The summed E-state index contributed by atoms with van der Waals surface area (Å²) >= 11 is 0. The predicted molar refractivity (Wildman–Crippen MR) is 104 cm³/mol. The van der Waals surface area contributed by atoms with E-state index in [-0.39, 0.29) is 23.8 Å². The van der Waals surface area contributed by atoms with E-state index in [2.05, 4.69) is 10.2 Å². The number of rotatable bonds is 4. The summed E-state index contributed by atoms with van der Waals surface area (Å²) in [4.78, 5) is 14.8. The Labute approximate surface area is 164 Å². The molecule has 148 valence electrons. The zero-order valence-electron chi connectivity index (χ0n) is 15.8. The Morgan fingerprint density at radius 1 is 1.14 bits per heavy atom. The first-order valence-electron chi connectivity index (χ1n) is 9.78. The van der Waals surface area contributed by atoms with Crippen LogP contribution in [0.5, 0.6) is 0 Å². The lowest BCUT2D eigenvalue weighted by Gasteiger charge is -2.28. The van der Waals surface area contributed by atoms with Crippen molar-refractivity contribution in [2.75, 3.05) is 25.9 Å². The van der Waals surface area contributed by atoms with E-state index in [0.29, 0.717) is 31.2 Å². The van der Waals surface area contributed by atoms with Crippen LogP contribution in [0.3, 0.4) is 0 Å². The van der Waals surface area contributed by atoms with E-state index in [4.69, 9.17) is 0 Å². The zero-order valence-corrected chi connectivity index (χ0v) is 16.6. The van der Waals surface area contributed by atoms with Crippen LogP contribution in [0.1, 0.15) is 46.5 Å². The maximum absolute atomic E-state index is 13.0. The van der Waals surface area contributed by atoms with Crippen LogP contribution in [-0.2, 0) is 10.0 Å². The van der Waals surface area contributed by atoms with Crippen molar-refractivity contribution >= 4 is 15.9 Å². The van der Waals surface area contributed by atoms with E-state index in [1.165, 1.54) is 6.26 Å². The fourth-order valence-electron chi connectivity index (χ4n) is 4.79. The van der Waals surface area contributed by atoms with Gasteiger partial charge in [0, 0.05) is 37.2 Å². The molecular formula is C20H24N4O3S. The number of likely N-dealkylation sites (tertiary alicyclic amines) is 1. The lowest BCUT2D eigenvalue weighted by Crippen LogP contribution is -2.37. The standard InChI is InChI=1S/C20H24N4O3S/c1-28(26,27)24-11-15-10-23(12-16(15)19(24)14-5-3-2-4-6-14)20(25)18-9-17(21-22-18)13-7-8-13/h2-6,9,13,15-16,19H,7-8,10-12H2,1H3,(H,21,22)/t15-,16-,19+/m1/s1. The van der Waals surface area contributed by atoms with Gasteiger partial charge in [-0.3, -0.25) is 9.89 Å². The molecule has 2 aromatic rings. The average molecular weight is 401 g/mol. The quantitative estimate of drug-likeness (QED) is 0.850. The zero-order chi connectivity index (χ0) is 19.5. The Morgan fingerprint density at radius 3 is 2.57 bits per heavy atom. The van der Waals surface area contributed by atoms with Crippen molar-refractivity contribution in [2.45, 2.75) is 24.8 Å². The van der Waals surface area contributed by atoms with Crippen LogP contribution in [0.15, 0.2) is 36.4 Å². The highest BCUT2D eigenvalue weighted by Gasteiger charge is 2.51. The molecule has 1 N–H and O–H groups in total. The maximum Gasteiger partial charge on any atom is 0.274 e. The van der Waals surface area contributed by atoms with Gasteiger partial charge in [0.15, 0.2) is 0 Å². The van der Waals surface area contributed by atoms with E-state index in [9.17, 15) is 13.2 Å². The van der Waals surface area contributed by atoms with Crippen molar-refractivity contribution in [3.63, 3.8) is 0 Å². The van der Waals surface area contributed by atoms with Gasteiger partial charge in [-0.15, -0.1) is 0 Å². The van der Waals surface area contributed by atoms with Crippen LogP contribution < -0.4 is 0 Å². The molecule has 28 heavy (non-hydrogen) atoms. The van der Waals surface area contributed by atoms with Crippen LogP contribution >= 0.6 is 0 Å². The number of aromatic nitrogens is 2. The number of nitrogens with one attached hydrogen (secondary N) is 1. The Bertz CT molecular complexity index is 999. The maximum atomic E-state index is 13.0. The fraction of sp³-hybridized carbons (Fsp3) is 0.500. The summed E-state index contributed by atoms with van der Waals surface area (Å²) < 4.78 is 26.4. The van der Waals surface area contributed by atoms with Gasteiger partial charge in [-0.25, -0.2) is 8.42 Å². The van der Waals surface area contributed by atoms with Gasteiger partial charge >= 0.3 is 0 Å². The van der Waals surface area contributed by atoms with E-state index >= 15 is 0 Å². The van der Waals surface area contributed by atoms with Gasteiger partial charge in [0.2, 0.25) is 10.0 Å². The summed E-state index contributed by atoms with van der Waals surface area (Å²) in [6.45, 7) is 1.59. The van der Waals surface area contributed by atoms with Crippen LogP contribution in [0.4, 0.5) is 0 Å². The predicted octanol–water partition coefficient (Wildman–Crippen LogP) is 1.99. The molecule has 1 saturated carbocycles. The molecule has 0 unspecified atom stereocenters. The number of benzene rings is 1. The number of carbonyl (C=O) groups excluding carboxylic acids is 1. The number of sulfonamides is 1. The summed E-state index contributed by atoms with van der Waals surface area (Å²) in [6.07, 6.45) is 3.59. The molecule has 3 aliphatic rings. The number of amides is 1. The summed E-state index contributed by atoms with van der Waals surface area (Å²) in [6, 6.07) is 11.4. The minimum absolute atomic E-state index is 0.0599. The highest BCUT2D eigenvalue weighted by atomic mass is 32.2. The SMILES string of the molecule is CS(=O)(=O)N1C[C@H]2CN(C(=O)c3cc(C4CC4)[nH]n3)C[C@H]2[C@@H]1c1ccccc1. The Morgan fingerprint density at radius 2 is 1.89 bits per heavy atom. The third kappa shape index (κ3) is 3.04. The Hall–Kier alpha value is -2.19. The number of hydrogen-bond donors (Lipinski definition) is 1. The molecule has 2 saturated heterocycles. The van der Waals surface area contributed by atoms with Gasteiger partial charge in [0.1, 0.15) is 5.69 Å². The number of hydrogen-bond acceptors (Lipinski definition) is 4. The molecular weight excluding hydrogens is 376 g/mol. The van der Waals surface area contributed by atoms with Gasteiger partial charge in [0.25, 0.3) is 5.91 Å². The normalized spacial score (nSPS) is 27.9. The Kier molecular flexibility index (Phi) is 4.10. The molecule has 1 aromatic carbocycles.